The highest BCUT2D eigenvalue weighted by Gasteiger charge is 2.32. The summed E-state index contributed by atoms with van der Waals surface area (Å²) in [6.45, 7) is 1.41. The van der Waals surface area contributed by atoms with Gasteiger partial charge in [0.05, 0.1) is 12.3 Å². The summed E-state index contributed by atoms with van der Waals surface area (Å²) in [6.07, 6.45) is 1.52. The molecule has 6 heteroatoms. The molecule has 5 nitrogen and oxygen atoms in total. The van der Waals surface area contributed by atoms with E-state index in [1.807, 2.05) is 11.9 Å². The Labute approximate surface area is 104 Å². The molecule has 94 valence electrons. The number of carboxylic acid groups (broad SMARTS) is 1. The van der Waals surface area contributed by atoms with Gasteiger partial charge in [0.25, 0.3) is 0 Å². The zero-order valence-electron chi connectivity index (χ0n) is 9.97. The van der Waals surface area contributed by atoms with Crippen molar-refractivity contribution >= 4 is 22.4 Å². The number of aryl methyl sites for hydroxylation is 1. The van der Waals surface area contributed by atoms with Crippen LogP contribution in [0.3, 0.4) is 0 Å². The van der Waals surface area contributed by atoms with Gasteiger partial charge in [0, 0.05) is 25.6 Å². The smallest absolute Gasteiger partial charge is 0.312 e. The van der Waals surface area contributed by atoms with Crippen molar-refractivity contribution in [1.82, 2.24) is 4.98 Å². The van der Waals surface area contributed by atoms with E-state index in [1.165, 1.54) is 0 Å². The lowest BCUT2D eigenvalue weighted by Crippen LogP contribution is -2.22. The summed E-state index contributed by atoms with van der Waals surface area (Å²) < 4.78 is 5.01. The molecule has 0 spiro atoms. The van der Waals surface area contributed by atoms with E-state index in [-0.39, 0.29) is 0 Å². The number of nitrogens with zero attached hydrogens (tertiary/aromatic N) is 2. The lowest BCUT2D eigenvalue weighted by molar-refractivity contribution is -0.138. The van der Waals surface area contributed by atoms with Crippen LogP contribution < -0.4 is 4.90 Å². The number of aliphatic carboxylic acids is 1. The molecule has 0 saturated carbocycles. The first-order valence-corrected chi connectivity index (χ1v) is 6.37. The summed E-state index contributed by atoms with van der Waals surface area (Å²) in [4.78, 5) is 18.6. The Morgan fingerprint density at radius 3 is 3.12 bits per heavy atom. The average molecular weight is 256 g/mol. The molecule has 0 amide bonds. The van der Waals surface area contributed by atoms with Gasteiger partial charge in [-0.15, -0.1) is 11.3 Å². The van der Waals surface area contributed by atoms with Crippen molar-refractivity contribution in [3.05, 3.63) is 10.6 Å². The van der Waals surface area contributed by atoms with Crippen molar-refractivity contribution < 1.29 is 14.6 Å². The molecular weight excluding hydrogens is 240 g/mol. The summed E-state index contributed by atoms with van der Waals surface area (Å²) >= 11 is 1.60. The van der Waals surface area contributed by atoms with E-state index >= 15 is 0 Å². The minimum absolute atomic E-state index is 0.411. The number of hydrogen-bond donors (Lipinski definition) is 1. The van der Waals surface area contributed by atoms with Crippen LogP contribution in [0, 0.1) is 0 Å². The summed E-state index contributed by atoms with van der Waals surface area (Å²) in [5.41, 5.74) is 0.766. The van der Waals surface area contributed by atoms with E-state index in [2.05, 4.69) is 4.98 Å². The first-order valence-electron chi connectivity index (χ1n) is 5.56. The topological polar surface area (TPSA) is 62.7 Å². The number of hydrogen-bond acceptors (Lipinski definition) is 5. The van der Waals surface area contributed by atoms with Crippen LogP contribution in [0.1, 0.15) is 22.9 Å². The van der Waals surface area contributed by atoms with Gasteiger partial charge in [-0.1, -0.05) is 0 Å². The predicted molar refractivity (Wildman–Crippen MR) is 66.0 cm³/mol. The SMILES string of the molecule is COCCN(C)c1nc2c(s1)CCC2C(=O)O. The highest BCUT2D eigenvalue weighted by atomic mass is 32.1. The van der Waals surface area contributed by atoms with Crippen molar-refractivity contribution in [3.8, 4) is 0 Å². The number of methoxy groups -OCH3 is 1. The number of rotatable bonds is 5. The molecule has 0 aliphatic heterocycles. The average Bonchev–Trinajstić information content (AvgIpc) is 2.83. The second kappa shape index (κ2) is 5.01. The van der Waals surface area contributed by atoms with Crippen LogP contribution in [0.2, 0.25) is 0 Å². The molecule has 1 aromatic heterocycles. The van der Waals surface area contributed by atoms with Crippen LogP contribution in [-0.4, -0.2) is 43.4 Å². The number of carbonyl (C=O) groups is 1. The van der Waals surface area contributed by atoms with E-state index in [9.17, 15) is 4.79 Å². The van der Waals surface area contributed by atoms with Gasteiger partial charge in [0.2, 0.25) is 0 Å². The number of carboxylic acids is 1. The van der Waals surface area contributed by atoms with Gasteiger partial charge in [-0.05, 0) is 12.8 Å². The zero-order chi connectivity index (χ0) is 12.4. The van der Waals surface area contributed by atoms with Gasteiger partial charge < -0.3 is 14.7 Å². The molecule has 1 atom stereocenters. The number of fused-ring (bicyclic) bond motifs is 1. The normalized spacial score (nSPS) is 18.1. The minimum Gasteiger partial charge on any atom is -0.481 e. The van der Waals surface area contributed by atoms with Crippen LogP contribution in [0.4, 0.5) is 5.13 Å². The fourth-order valence-electron chi connectivity index (χ4n) is 1.94. The van der Waals surface area contributed by atoms with E-state index < -0.39 is 11.9 Å². The molecule has 0 radical (unpaired) electrons. The van der Waals surface area contributed by atoms with Gasteiger partial charge in [0.1, 0.15) is 5.92 Å². The summed E-state index contributed by atoms with van der Waals surface area (Å²) in [6, 6.07) is 0. The van der Waals surface area contributed by atoms with Crippen LogP contribution in [-0.2, 0) is 16.0 Å². The van der Waals surface area contributed by atoms with Gasteiger partial charge >= 0.3 is 5.97 Å². The Bertz CT molecular complexity index is 419. The fourth-order valence-corrected chi connectivity index (χ4v) is 3.07. The molecule has 2 rings (SSSR count). The van der Waals surface area contributed by atoms with E-state index in [0.717, 1.165) is 28.7 Å². The summed E-state index contributed by atoms with van der Waals surface area (Å²) in [5, 5.41) is 9.97. The molecule has 0 saturated heterocycles. The second-order valence-corrected chi connectivity index (χ2v) is 5.21. The number of ether oxygens (including phenoxy) is 1. The third-order valence-electron chi connectivity index (χ3n) is 2.96. The molecule has 1 heterocycles. The molecule has 17 heavy (non-hydrogen) atoms. The lowest BCUT2D eigenvalue weighted by Gasteiger charge is -2.14. The molecule has 1 N–H and O–H groups in total. The Balaban J connectivity index is 2.13. The summed E-state index contributed by atoms with van der Waals surface area (Å²) in [5.74, 6) is -1.18. The molecule has 1 aromatic rings. The highest BCUT2D eigenvalue weighted by Crippen LogP contribution is 2.39. The first kappa shape index (κ1) is 12.3. The van der Waals surface area contributed by atoms with Gasteiger partial charge in [0.15, 0.2) is 5.13 Å². The molecule has 1 unspecified atom stereocenters. The molecule has 0 fully saturated rings. The van der Waals surface area contributed by atoms with Gasteiger partial charge in [-0.3, -0.25) is 4.79 Å². The summed E-state index contributed by atoms with van der Waals surface area (Å²) in [7, 11) is 3.61. The van der Waals surface area contributed by atoms with E-state index in [4.69, 9.17) is 9.84 Å². The largest absolute Gasteiger partial charge is 0.481 e. The second-order valence-electron chi connectivity index (χ2n) is 4.15. The molecule has 1 aliphatic rings. The number of likely N-dealkylation sites (N-methyl/N-ethyl adjacent to an activating group) is 1. The molecular formula is C11H16N2O3S. The number of aromatic nitrogens is 1. The maximum atomic E-state index is 11.0. The van der Waals surface area contributed by atoms with Gasteiger partial charge in [-0.2, -0.15) is 0 Å². The molecule has 0 bridgehead atoms. The Morgan fingerprint density at radius 2 is 2.47 bits per heavy atom. The maximum absolute atomic E-state index is 11.0. The fraction of sp³-hybridized carbons (Fsp3) is 0.636. The lowest BCUT2D eigenvalue weighted by atomic mass is 10.1. The van der Waals surface area contributed by atoms with Crippen LogP contribution in [0.25, 0.3) is 0 Å². The quantitative estimate of drug-likeness (QED) is 0.861. The van der Waals surface area contributed by atoms with Crippen molar-refractivity contribution in [2.75, 3.05) is 32.2 Å². The van der Waals surface area contributed by atoms with Crippen molar-refractivity contribution in [2.45, 2.75) is 18.8 Å². The zero-order valence-corrected chi connectivity index (χ0v) is 10.8. The molecule has 1 aliphatic carbocycles. The molecule has 0 aromatic carbocycles. The Morgan fingerprint density at radius 1 is 1.71 bits per heavy atom. The Kier molecular flexibility index (Phi) is 3.63. The van der Waals surface area contributed by atoms with Crippen LogP contribution in [0.15, 0.2) is 0 Å². The minimum atomic E-state index is -0.764. The monoisotopic (exact) mass is 256 g/mol. The number of thiazole rings is 1. The van der Waals surface area contributed by atoms with Gasteiger partial charge in [-0.25, -0.2) is 4.98 Å². The van der Waals surface area contributed by atoms with Crippen LogP contribution in [0.5, 0.6) is 0 Å². The standard InChI is InChI=1S/C11H16N2O3S/c1-13(5-6-16-2)11-12-9-7(10(14)15)3-4-8(9)17-11/h7H,3-6H2,1-2H3,(H,14,15). The number of anilines is 1. The van der Waals surface area contributed by atoms with Crippen molar-refractivity contribution in [3.63, 3.8) is 0 Å². The first-order chi connectivity index (χ1) is 8.13. The van der Waals surface area contributed by atoms with E-state index in [1.54, 1.807) is 18.4 Å². The predicted octanol–water partition coefficient (Wildman–Crippen LogP) is 1.34. The maximum Gasteiger partial charge on any atom is 0.312 e. The van der Waals surface area contributed by atoms with Crippen molar-refractivity contribution in [2.24, 2.45) is 0 Å². The third kappa shape index (κ3) is 2.42. The third-order valence-corrected chi connectivity index (χ3v) is 4.21. The van der Waals surface area contributed by atoms with Crippen molar-refractivity contribution in [1.29, 1.82) is 0 Å². The van der Waals surface area contributed by atoms with E-state index in [0.29, 0.717) is 13.0 Å². The van der Waals surface area contributed by atoms with Crippen LogP contribution >= 0.6 is 11.3 Å². The Hall–Kier alpha value is -1.14. The highest BCUT2D eigenvalue weighted by molar-refractivity contribution is 7.15.